The molecule has 7 nitrogen and oxygen atoms in total. The van der Waals surface area contributed by atoms with Crippen LogP contribution in [0.4, 0.5) is 4.79 Å². The average molecular weight is 417 g/mol. The first-order valence-corrected chi connectivity index (χ1v) is 9.74. The summed E-state index contributed by atoms with van der Waals surface area (Å²) in [6, 6.07) is 11.2. The molecule has 29 heavy (non-hydrogen) atoms. The van der Waals surface area contributed by atoms with Crippen LogP contribution in [0.2, 0.25) is 5.02 Å². The van der Waals surface area contributed by atoms with Gasteiger partial charge in [-0.05, 0) is 35.4 Å². The van der Waals surface area contributed by atoms with E-state index >= 15 is 0 Å². The van der Waals surface area contributed by atoms with Gasteiger partial charge in [-0.15, -0.1) is 0 Å². The first kappa shape index (κ1) is 19.5. The number of carbonyl (C=O) groups is 2. The van der Waals surface area contributed by atoms with Crippen molar-refractivity contribution < 1.29 is 24.2 Å². The van der Waals surface area contributed by atoms with Gasteiger partial charge in [-0.1, -0.05) is 23.7 Å². The number of nitrogens with zero attached hydrogens (tertiary/aromatic N) is 2. The summed E-state index contributed by atoms with van der Waals surface area (Å²) < 4.78 is 11.0. The molecule has 2 aromatic rings. The number of carbonyl (C=O) groups excluding carboxylic acids is 1. The number of halogens is 1. The SMILES string of the molecule is CN(C(=O)O)C1Cc2cc(-c3ccc(C(=O)N4CCOCC4)cc3)cc(Cl)c2O1. The normalized spacial score (nSPS) is 18.1. The number of morpholine rings is 1. The molecule has 0 radical (unpaired) electrons. The Labute approximate surface area is 173 Å². The van der Waals surface area contributed by atoms with E-state index in [1.165, 1.54) is 7.05 Å². The summed E-state index contributed by atoms with van der Waals surface area (Å²) in [5.74, 6) is 0.521. The highest BCUT2D eigenvalue weighted by Crippen LogP contribution is 2.40. The van der Waals surface area contributed by atoms with Gasteiger partial charge in [0.15, 0.2) is 6.23 Å². The van der Waals surface area contributed by atoms with E-state index in [0.29, 0.717) is 49.1 Å². The molecule has 0 aliphatic carbocycles. The second-order valence-corrected chi connectivity index (χ2v) is 7.51. The topological polar surface area (TPSA) is 79.3 Å². The van der Waals surface area contributed by atoms with Crippen molar-refractivity contribution in [2.75, 3.05) is 33.4 Å². The molecule has 0 spiro atoms. The molecule has 2 aliphatic rings. The highest BCUT2D eigenvalue weighted by atomic mass is 35.5. The number of fused-ring (bicyclic) bond motifs is 1. The van der Waals surface area contributed by atoms with Crippen LogP contribution in [-0.2, 0) is 11.2 Å². The van der Waals surface area contributed by atoms with Gasteiger partial charge in [0.25, 0.3) is 5.91 Å². The van der Waals surface area contributed by atoms with Gasteiger partial charge >= 0.3 is 6.09 Å². The number of hydrogen-bond acceptors (Lipinski definition) is 4. The molecule has 1 unspecified atom stereocenters. The lowest BCUT2D eigenvalue weighted by atomic mass is 10.00. The summed E-state index contributed by atoms with van der Waals surface area (Å²) >= 11 is 6.39. The Bertz CT molecular complexity index is 941. The highest BCUT2D eigenvalue weighted by molar-refractivity contribution is 6.32. The van der Waals surface area contributed by atoms with E-state index < -0.39 is 12.3 Å². The molecule has 2 heterocycles. The zero-order valence-electron chi connectivity index (χ0n) is 15.9. The summed E-state index contributed by atoms with van der Waals surface area (Å²) in [5, 5.41) is 9.60. The maximum absolute atomic E-state index is 12.6. The van der Waals surface area contributed by atoms with E-state index in [9.17, 15) is 9.59 Å². The van der Waals surface area contributed by atoms with Crippen LogP contribution in [0.25, 0.3) is 11.1 Å². The molecular formula is C21H21ClN2O5. The van der Waals surface area contributed by atoms with Crippen molar-refractivity contribution in [3.05, 3.63) is 52.5 Å². The Morgan fingerprint density at radius 3 is 2.48 bits per heavy atom. The Hall–Kier alpha value is -2.77. The first-order chi connectivity index (χ1) is 13.9. The summed E-state index contributed by atoms with van der Waals surface area (Å²) in [7, 11) is 1.47. The number of rotatable bonds is 3. The van der Waals surface area contributed by atoms with Crippen molar-refractivity contribution in [2.45, 2.75) is 12.6 Å². The van der Waals surface area contributed by atoms with Crippen LogP contribution in [0.5, 0.6) is 5.75 Å². The zero-order chi connectivity index (χ0) is 20.5. The Morgan fingerprint density at radius 1 is 1.14 bits per heavy atom. The van der Waals surface area contributed by atoms with Crippen molar-refractivity contribution in [3.8, 4) is 16.9 Å². The van der Waals surface area contributed by atoms with Crippen LogP contribution in [0.1, 0.15) is 15.9 Å². The fraction of sp³-hybridized carbons (Fsp3) is 0.333. The summed E-state index contributed by atoms with van der Waals surface area (Å²) in [6.07, 6.45) is -1.22. The van der Waals surface area contributed by atoms with Crippen molar-refractivity contribution in [1.82, 2.24) is 9.80 Å². The van der Waals surface area contributed by atoms with Crippen molar-refractivity contribution in [1.29, 1.82) is 0 Å². The average Bonchev–Trinajstić information content (AvgIpc) is 3.18. The number of hydrogen-bond donors (Lipinski definition) is 1. The van der Waals surface area contributed by atoms with Crippen LogP contribution >= 0.6 is 11.6 Å². The Kier molecular flexibility index (Phi) is 5.34. The Balaban J connectivity index is 1.54. The predicted molar refractivity (Wildman–Crippen MR) is 108 cm³/mol. The minimum Gasteiger partial charge on any atom is -0.468 e. The van der Waals surface area contributed by atoms with Gasteiger partial charge in [0.1, 0.15) is 5.75 Å². The number of likely N-dealkylation sites (N-methyl/N-ethyl adjacent to an activating group) is 1. The third-order valence-corrected chi connectivity index (χ3v) is 5.55. The van der Waals surface area contributed by atoms with Gasteiger partial charge in [-0.25, -0.2) is 4.79 Å². The molecule has 1 fully saturated rings. The summed E-state index contributed by atoms with van der Waals surface area (Å²) in [4.78, 5) is 26.7. The lowest BCUT2D eigenvalue weighted by Gasteiger charge is -2.26. The van der Waals surface area contributed by atoms with E-state index in [1.807, 2.05) is 30.3 Å². The van der Waals surface area contributed by atoms with Gasteiger partial charge < -0.3 is 19.5 Å². The van der Waals surface area contributed by atoms with Crippen molar-refractivity contribution in [3.63, 3.8) is 0 Å². The molecule has 0 aromatic heterocycles. The molecule has 1 atom stereocenters. The Morgan fingerprint density at radius 2 is 1.83 bits per heavy atom. The minimum absolute atomic E-state index is 0.000199. The lowest BCUT2D eigenvalue weighted by molar-refractivity contribution is 0.0303. The maximum Gasteiger partial charge on any atom is 0.409 e. The number of benzene rings is 2. The summed E-state index contributed by atoms with van der Waals surface area (Å²) in [5.41, 5.74) is 3.30. The minimum atomic E-state index is -1.06. The zero-order valence-corrected chi connectivity index (χ0v) is 16.7. The molecule has 0 bridgehead atoms. The van der Waals surface area contributed by atoms with Gasteiger partial charge in [0, 0.05) is 37.7 Å². The molecule has 1 saturated heterocycles. The second kappa shape index (κ2) is 7.93. The van der Waals surface area contributed by atoms with Gasteiger partial charge in [0.2, 0.25) is 0 Å². The van der Waals surface area contributed by atoms with E-state index in [4.69, 9.17) is 26.2 Å². The van der Waals surface area contributed by atoms with Crippen LogP contribution in [0.3, 0.4) is 0 Å². The molecule has 152 valence electrons. The molecule has 2 aliphatic heterocycles. The van der Waals surface area contributed by atoms with Crippen LogP contribution in [0.15, 0.2) is 36.4 Å². The van der Waals surface area contributed by atoms with Gasteiger partial charge in [-0.2, -0.15) is 0 Å². The smallest absolute Gasteiger partial charge is 0.409 e. The van der Waals surface area contributed by atoms with E-state index in [2.05, 4.69) is 0 Å². The molecule has 8 heteroatoms. The quantitative estimate of drug-likeness (QED) is 0.830. The van der Waals surface area contributed by atoms with E-state index in [0.717, 1.165) is 21.6 Å². The predicted octanol–water partition coefficient (Wildman–Crippen LogP) is 3.35. The fourth-order valence-corrected chi connectivity index (χ4v) is 3.84. The second-order valence-electron chi connectivity index (χ2n) is 7.10. The van der Waals surface area contributed by atoms with Gasteiger partial charge in [-0.3, -0.25) is 9.69 Å². The molecule has 0 saturated carbocycles. The van der Waals surface area contributed by atoms with Crippen LogP contribution < -0.4 is 4.74 Å². The number of carboxylic acid groups (broad SMARTS) is 1. The largest absolute Gasteiger partial charge is 0.468 e. The first-order valence-electron chi connectivity index (χ1n) is 9.36. The third kappa shape index (κ3) is 3.88. The summed E-state index contributed by atoms with van der Waals surface area (Å²) in [6.45, 7) is 2.34. The number of amides is 2. The molecule has 2 amide bonds. The lowest BCUT2D eigenvalue weighted by Crippen LogP contribution is -2.40. The maximum atomic E-state index is 12.6. The molecular weight excluding hydrogens is 396 g/mol. The highest BCUT2D eigenvalue weighted by Gasteiger charge is 2.31. The molecule has 2 aromatic carbocycles. The molecule has 1 N–H and O–H groups in total. The van der Waals surface area contributed by atoms with Crippen molar-refractivity contribution >= 4 is 23.6 Å². The van der Waals surface area contributed by atoms with E-state index in [1.54, 1.807) is 11.0 Å². The van der Waals surface area contributed by atoms with Crippen molar-refractivity contribution in [2.24, 2.45) is 0 Å². The van der Waals surface area contributed by atoms with E-state index in [-0.39, 0.29) is 5.91 Å². The fourth-order valence-electron chi connectivity index (χ4n) is 3.56. The van der Waals surface area contributed by atoms with Gasteiger partial charge in [0.05, 0.1) is 18.2 Å². The monoisotopic (exact) mass is 416 g/mol. The number of ether oxygens (including phenoxy) is 2. The van der Waals surface area contributed by atoms with Crippen LogP contribution in [-0.4, -0.2) is 66.5 Å². The molecule has 4 rings (SSSR count). The third-order valence-electron chi connectivity index (χ3n) is 5.27. The standard InChI is InChI=1S/C21H21ClN2O5/c1-23(21(26)27)18-12-16-10-15(11-17(22)19(16)29-18)13-2-4-14(5-3-13)20(25)24-6-8-28-9-7-24/h2-5,10-11,18H,6-9,12H2,1H3,(H,26,27). The van der Waals surface area contributed by atoms with Crippen LogP contribution in [0, 0.1) is 0 Å².